The van der Waals surface area contributed by atoms with E-state index in [4.69, 9.17) is 5.11 Å². The molecule has 0 aromatic carbocycles. The summed E-state index contributed by atoms with van der Waals surface area (Å²) in [6, 6.07) is 0.183. The van der Waals surface area contributed by atoms with E-state index in [1.165, 1.54) is 6.92 Å². The van der Waals surface area contributed by atoms with Crippen molar-refractivity contribution in [2.45, 2.75) is 32.7 Å². The number of hydrogen-bond acceptors (Lipinski definition) is 3. The van der Waals surface area contributed by atoms with Gasteiger partial charge in [-0.2, -0.15) is 11.8 Å². The predicted molar refractivity (Wildman–Crippen MR) is 64.5 cm³/mol. The zero-order chi connectivity index (χ0) is 12.1. The Morgan fingerprint density at radius 1 is 1.31 bits per heavy atom. The van der Waals surface area contributed by atoms with Gasteiger partial charge in [-0.05, 0) is 32.4 Å². The molecule has 1 unspecified atom stereocenters. The van der Waals surface area contributed by atoms with Crippen LogP contribution in [0.4, 0.5) is 0 Å². The van der Waals surface area contributed by atoms with Gasteiger partial charge in [0.1, 0.15) is 0 Å². The van der Waals surface area contributed by atoms with Crippen molar-refractivity contribution in [3.05, 3.63) is 11.1 Å². The van der Waals surface area contributed by atoms with Crippen molar-refractivity contribution in [2.24, 2.45) is 0 Å². The molecule has 1 saturated heterocycles. The second-order valence-electron chi connectivity index (χ2n) is 3.94. The highest BCUT2D eigenvalue weighted by Gasteiger charge is 2.18. The number of carboxylic acid groups (broad SMARTS) is 1. The van der Waals surface area contributed by atoms with E-state index in [1.54, 1.807) is 6.92 Å². The molecule has 0 saturated carbocycles. The predicted octanol–water partition coefficient (Wildman–Crippen LogP) is 1.42. The van der Waals surface area contributed by atoms with Gasteiger partial charge in [-0.3, -0.25) is 4.79 Å². The number of carbonyl (C=O) groups is 2. The summed E-state index contributed by atoms with van der Waals surface area (Å²) < 4.78 is 0. The molecule has 1 aliphatic rings. The summed E-state index contributed by atoms with van der Waals surface area (Å²) in [5.74, 6) is 0.776. The van der Waals surface area contributed by atoms with Crippen LogP contribution in [0, 0.1) is 0 Å². The first-order valence-electron chi connectivity index (χ1n) is 5.31. The zero-order valence-electron chi connectivity index (χ0n) is 9.58. The maximum absolute atomic E-state index is 11.7. The molecule has 1 heterocycles. The van der Waals surface area contributed by atoms with Gasteiger partial charge in [-0.15, -0.1) is 0 Å². The molecule has 1 fully saturated rings. The molecular weight excluding hydrogens is 226 g/mol. The summed E-state index contributed by atoms with van der Waals surface area (Å²) in [6.45, 7) is 3.00. The van der Waals surface area contributed by atoms with Gasteiger partial charge < -0.3 is 10.4 Å². The molecule has 1 amide bonds. The van der Waals surface area contributed by atoms with Crippen molar-refractivity contribution < 1.29 is 14.7 Å². The average Bonchev–Trinajstić information content (AvgIpc) is 2.28. The standard InChI is InChI=1S/C11H17NO3S/c1-7(8(2)11(14)15)10(13)12-9-4-3-5-16-6-9/h9H,3-6H2,1-2H3,(H,12,13)(H,14,15). The van der Waals surface area contributed by atoms with Crippen LogP contribution >= 0.6 is 11.8 Å². The molecule has 16 heavy (non-hydrogen) atoms. The Hall–Kier alpha value is -0.970. The van der Waals surface area contributed by atoms with Gasteiger partial charge >= 0.3 is 5.97 Å². The second-order valence-corrected chi connectivity index (χ2v) is 5.09. The highest BCUT2D eigenvalue weighted by Crippen LogP contribution is 2.17. The van der Waals surface area contributed by atoms with Gasteiger partial charge in [0.05, 0.1) is 0 Å². The summed E-state index contributed by atoms with van der Waals surface area (Å²) in [4.78, 5) is 22.4. The maximum atomic E-state index is 11.7. The van der Waals surface area contributed by atoms with Gasteiger partial charge in [-0.25, -0.2) is 4.79 Å². The van der Waals surface area contributed by atoms with Crippen LogP contribution in [0.25, 0.3) is 0 Å². The molecule has 0 aromatic heterocycles. The summed E-state index contributed by atoms with van der Waals surface area (Å²) in [7, 11) is 0. The van der Waals surface area contributed by atoms with Crippen LogP contribution in [0.2, 0.25) is 0 Å². The zero-order valence-corrected chi connectivity index (χ0v) is 10.4. The Morgan fingerprint density at radius 3 is 2.50 bits per heavy atom. The van der Waals surface area contributed by atoms with Crippen LogP contribution in [0.5, 0.6) is 0 Å². The van der Waals surface area contributed by atoms with Crippen LogP contribution < -0.4 is 5.32 Å². The van der Waals surface area contributed by atoms with Gasteiger partial charge in [0, 0.05) is 22.9 Å². The molecule has 2 N–H and O–H groups in total. The molecule has 1 atom stereocenters. The fourth-order valence-corrected chi connectivity index (χ4v) is 2.55. The van der Waals surface area contributed by atoms with Gasteiger partial charge in [0.25, 0.3) is 0 Å². The lowest BCUT2D eigenvalue weighted by Gasteiger charge is -2.22. The lowest BCUT2D eigenvalue weighted by atomic mass is 10.1. The van der Waals surface area contributed by atoms with E-state index in [2.05, 4.69) is 5.32 Å². The summed E-state index contributed by atoms with van der Waals surface area (Å²) in [5.41, 5.74) is 0.407. The van der Waals surface area contributed by atoms with Gasteiger partial charge in [0.2, 0.25) is 5.91 Å². The van der Waals surface area contributed by atoms with Crippen molar-refractivity contribution in [3.8, 4) is 0 Å². The highest BCUT2D eigenvalue weighted by atomic mass is 32.2. The van der Waals surface area contributed by atoms with Gasteiger partial charge in [-0.1, -0.05) is 0 Å². The first-order valence-corrected chi connectivity index (χ1v) is 6.47. The monoisotopic (exact) mass is 243 g/mol. The number of thioether (sulfide) groups is 1. The lowest BCUT2D eigenvalue weighted by molar-refractivity contribution is -0.133. The van der Waals surface area contributed by atoms with E-state index >= 15 is 0 Å². The minimum absolute atomic E-state index is 0.112. The number of carboxylic acids is 1. The minimum atomic E-state index is -1.04. The Kier molecular flexibility index (Phi) is 4.86. The summed E-state index contributed by atoms with van der Waals surface area (Å²) >= 11 is 1.82. The second kappa shape index (κ2) is 5.94. The number of amides is 1. The Bertz CT molecular complexity index is 319. The largest absolute Gasteiger partial charge is 0.478 e. The topological polar surface area (TPSA) is 66.4 Å². The fraction of sp³-hybridized carbons (Fsp3) is 0.636. The quantitative estimate of drug-likeness (QED) is 0.736. The Labute approximate surface area is 99.5 Å². The van der Waals surface area contributed by atoms with E-state index in [0.29, 0.717) is 5.57 Å². The van der Waals surface area contributed by atoms with E-state index in [-0.39, 0.29) is 17.5 Å². The number of nitrogens with one attached hydrogen (secondary N) is 1. The first-order chi connectivity index (χ1) is 7.52. The molecular formula is C11H17NO3S. The molecule has 1 aliphatic heterocycles. The smallest absolute Gasteiger partial charge is 0.331 e. The third-order valence-electron chi connectivity index (χ3n) is 2.72. The number of aliphatic carboxylic acids is 1. The van der Waals surface area contributed by atoms with Crippen molar-refractivity contribution in [1.82, 2.24) is 5.32 Å². The van der Waals surface area contributed by atoms with Crippen LogP contribution in [0.3, 0.4) is 0 Å². The molecule has 4 nitrogen and oxygen atoms in total. The van der Waals surface area contributed by atoms with Crippen molar-refractivity contribution in [1.29, 1.82) is 0 Å². The molecule has 1 rings (SSSR count). The van der Waals surface area contributed by atoms with Crippen LogP contribution in [-0.4, -0.2) is 34.5 Å². The van der Waals surface area contributed by atoms with Crippen LogP contribution in [0.1, 0.15) is 26.7 Å². The third-order valence-corrected chi connectivity index (χ3v) is 3.93. The molecule has 0 spiro atoms. The van der Waals surface area contributed by atoms with Crippen molar-refractivity contribution >= 4 is 23.6 Å². The first kappa shape index (κ1) is 13.1. The molecule has 0 aliphatic carbocycles. The minimum Gasteiger partial charge on any atom is -0.478 e. The fourth-order valence-electron chi connectivity index (χ4n) is 1.48. The summed E-state index contributed by atoms with van der Waals surface area (Å²) in [6.07, 6.45) is 2.09. The highest BCUT2D eigenvalue weighted by molar-refractivity contribution is 7.99. The number of hydrogen-bond donors (Lipinski definition) is 2. The maximum Gasteiger partial charge on any atom is 0.331 e. The molecule has 90 valence electrons. The third kappa shape index (κ3) is 3.56. The summed E-state index contributed by atoms with van der Waals surface area (Å²) in [5, 5.41) is 11.6. The van der Waals surface area contributed by atoms with Crippen LogP contribution in [-0.2, 0) is 9.59 Å². The van der Waals surface area contributed by atoms with Crippen molar-refractivity contribution in [2.75, 3.05) is 11.5 Å². The molecule has 0 aromatic rings. The van der Waals surface area contributed by atoms with Gasteiger partial charge in [0.15, 0.2) is 0 Å². The Morgan fingerprint density at radius 2 is 2.00 bits per heavy atom. The van der Waals surface area contributed by atoms with E-state index in [1.807, 2.05) is 11.8 Å². The number of carbonyl (C=O) groups excluding carboxylic acids is 1. The SMILES string of the molecule is CC(C(=O)O)=C(C)C(=O)NC1CCCSC1. The van der Waals surface area contributed by atoms with E-state index in [0.717, 1.165) is 24.3 Å². The normalized spacial score (nSPS) is 22.2. The van der Waals surface area contributed by atoms with E-state index in [9.17, 15) is 9.59 Å². The average molecular weight is 243 g/mol. The lowest BCUT2D eigenvalue weighted by Crippen LogP contribution is -2.39. The van der Waals surface area contributed by atoms with Crippen molar-refractivity contribution in [3.63, 3.8) is 0 Å². The Balaban J connectivity index is 2.57. The molecule has 0 radical (unpaired) electrons. The molecule has 0 bridgehead atoms. The van der Waals surface area contributed by atoms with E-state index < -0.39 is 5.97 Å². The van der Waals surface area contributed by atoms with Crippen LogP contribution in [0.15, 0.2) is 11.1 Å². The number of rotatable bonds is 3. The molecule has 5 heteroatoms.